The second-order valence-corrected chi connectivity index (χ2v) is 8.35. The van der Waals surface area contributed by atoms with E-state index in [1.807, 2.05) is 24.3 Å². The fourth-order valence-corrected chi connectivity index (χ4v) is 4.63. The third-order valence-electron chi connectivity index (χ3n) is 5.96. The smallest absolute Gasteiger partial charge is 0.151 e. The van der Waals surface area contributed by atoms with Gasteiger partial charge in [0.1, 0.15) is 11.6 Å². The van der Waals surface area contributed by atoms with Crippen molar-refractivity contribution >= 4 is 24.0 Å². The summed E-state index contributed by atoms with van der Waals surface area (Å²) >= 11 is 6.22. The van der Waals surface area contributed by atoms with E-state index in [1.165, 1.54) is 5.56 Å². The first-order chi connectivity index (χ1) is 14.7. The van der Waals surface area contributed by atoms with E-state index in [2.05, 4.69) is 32.2 Å². The molecule has 0 saturated heterocycles. The monoisotopic (exact) mass is 455 g/mol. The number of fused-ring (bicyclic) bond motifs is 3. The van der Waals surface area contributed by atoms with Gasteiger partial charge in [-0.2, -0.15) is 5.26 Å². The molecule has 160 valence electrons. The van der Waals surface area contributed by atoms with E-state index in [9.17, 15) is 0 Å². The van der Waals surface area contributed by atoms with Gasteiger partial charge in [-0.3, -0.25) is 4.57 Å². The molecule has 0 bridgehead atoms. The van der Waals surface area contributed by atoms with Crippen LogP contribution in [0.5, 0.6) is 5.75 Å². The molecule has 2 aliphatic rings. The maximum Gasteiger partial charge on any atom is 0.151 e. The number of nitrogens with zero attached hydrogens (tertiary/aromatic N) is 4. The summed E-state index contributed by atoms with van der Waals surface area (Å²) in [5.41, 5.74) is 2.94. The Morgan fingerprint density at radius 2 is 1.81 bits per heavy atom. The lowest BCUT2D eigenvalue weighted by Crippen LogP contribution is -2.25. The van der Waals surface area contributed by atoms with Crippen molar-refractivity contribution in [2.24, 2.45) is 0 Å². The van der Waals surface area contributed by atoms with E-state index in [4.69, 9.17) is 21.6 Å². The van der Waals surface area contributed by atoms with Crippen LogP contribution >= 0.6 is 24.0 Å². The van der Waals surface area contributed by atoms with Gasteiger partial charge >= 0.3 is 0 Å². The maximum absolute atomic E-state index is 8.93. The van der Waals surface area contributed by atoms with Crippen molar-refractivity contribution in [2.75, 3.05) is 0 Å². The molecule has 6 nitrogen and oxygen atoms in total. The molecule has 1 saturated carbocycles. The van der Waals surface area contributed by atoms with Crippen LogP contribution in [0.4, 0.5) is 0 Å². The van der Waals surface area contributed by atoms with Crippen molar-refractivity contribution < 1.29 is 4.74 Å². The molecule has 1 aliphatic heterocycles. The summed E-state index contributed by atoms with van der Waals surface area (Å²) in [7, 11) is 0. The summed E-state index contributed by atoms with van der Waals surface area (Å²) in [6, 6.07) is 15.5. The molecule has 0 amide bonds. The van der Waals surface area contributed by atoms with Crippen LogP contribution in [0, 0.1) is 11.3 Å². The van der Waals surface area contributed by atoms with E-state index in [0.29, 0.717) is 18.0 Å². The number of halogens is 2. The molecule has 5 rings (SSSR count). The van der Waals surface area contributed by atoms with Gasteiger partial charge in [-0.05, 0) is 73.7 Å². The zero-order valence-electron chi connectivity index (χ0n) is 16.9. The second kappa shape index (κ2) is 9.27. The number of nitrogens with one attached hydrogen (secondary N) is 1. The summed E-state index contributed by atoms with van der Waals surface area (Å²) in [6.45, 7) is 1.46. The fraction of sp³-hybridized carbons (Fsp3) is 0.348. The normalized spacial score (nSPS) is 19.9. The molecule has 8 heteroatoms. The molecular weight excluding hydrogens is 433 g/mol. The molecule has 31 heavy (non-hydrogen) atoms. The number of hydrogen-bond donors (Lipinski definition) is 1. The number of hydrogen-bond acceptors (Lipinski definition) is 5. The van der Waals surface area contributed by atoms with E-state index >= 15 is 0 Å². The Balaban J connectivity index is 0.00000231. The Bertz CT molecular complexity index is 1100. The van der Waals surface area contributed by atoms with E-state index in [1.54, 1.807) is 12.1 Å². The number of ether oxygens (including phenoxy) is 1. The first-order valence-corrected chi connectivity index (χ1v) is 10.7. The van der Waals surface area contributed by atoms with Crippen molar-refractivity contribution in [2.45, 2.75) is 50.8 Å². The minimum atomic E-state index is 0. The Hall–Kier alpha value is -2.59. The Kier molecular flexibility index (Phi) is 6.47. The highest BCUT2D eigenvalue weighted by molar-refractivity contribution is 6.30. The predicted octanol–water partition coefficient (Wildman–Crippen LogP) is 4.92. The van der Waals surface area contributed by atoms with Crippen LogP contribution in [-0.4, -0.2) is 20.9 Å². The lowest BCUT2D eigenvalue weighted by atomic mass is 9.86. The van der Waals surface area contributed by atoms with Gasteiger partial charge in [-0.1, -0.05) is 11.6 Å². The zero-order chi connectivity index (χ0) is 20.5. The Morgan fingerprint density at radius 3 is 2.55 bits per heavy atom. The van der Waals surface area contributed by atoms with Crippen LogP contribution in [0.15, 0.2) is 42.5 Å². The van der Waals surface area contributed by atoms with Crippen LogP contribution in [0.2, 0.25) is 5.02 Å². The molecular formula is C23H23Cl2N5O. The summed E-state index contributed by atoms with van der Waals surface area (Å²) in [5, 5.41) is 22.2. The molecule has 1 N–H and O–H groups in total. The summed E-state index contributed by atoms with van der Waals surface area (Å²) < 4.78 is 8.37. The number of nitriles is 1. The van der Waals surface area contributed by atoms with Gasteiger partial charge in [0.25, 0.3) is 0 Å². The highest BCUT2D eigenvalue weighted by atomic mass is 35.5. The average Bonchev–Trinajstić information content (AvgIpc) is 3.10. The van der Waals surface area contributed by atoms with Crippen LogP contribution in [0.1, 0.15) is 54.4 Å². The largest absolute Gasteiger partial charge is 0.490 e. The molecule has 1 fully saturated rings. The highest BCUT2D eigenvalue weighted by Gasteiger charge is 2.30. The van der Waals surface area contributed by atoms with Crippen molar-refractivity contribution in [1.29, 1.82) is 5.26 Å². The average molecular weight is 456 g/mol. The standard InChI is InChI=1S/C23H22ClN5O.ClH/c24-18-5-10-21-17(11-18)13-26-14-22-27-28-23(29(21)22)16-3-8-20(9-4-16)30-19-6-1-15(12-25)2-7-19;/h1-2,5-7,10-11,16,20,26H,3-4,8-9,13-14H2;1H/t16-,20-;. The van der Waals surface area contributed by atoms with E-state index in [0.717, 1.165) is 60.3 Å². The molecule has 3 aromatic rings. The van der Waals surface area contributed by atoms with Gasteiger partial charge < -0.3 is 10.1 Å². The minimum absolute atomic E-state index is 0. The molecule has 0 radical (unpaired) electrons. The first-order valence-electron chi connectivity index (χ1n) is 10.3. The molecule has 1 aliphatic carbocycles. The van der Waals surface area contributed by atoms with Crippen LogP contribution < -0.4 is 10.1 Å². The van der Waals surface area contributed by atoms with Crippen molar-refractivity contribution in [3.05, 3.63) is 70.3 Å². The van der Waals surface area contributed by atoms with Gasteiger partial charge in [0.05, 0.1) is 30.0 Å². The van der Waals surface area contributed by atoms with Gasteiger partial charge in [0, 0.05) is 17.5 Å². The van der Waals surface area contributed by atoms with Crippen LogP contribution in [0.3, 0.4) is 0 Å². The topological polar surface area (TPSA) is 75.8 Å². The lowest BCUT2D eigenvalue weighted by molar-refractivity contribution is 0.144. The molecule has 0 atom stereocenters. The maximum atomic E-state index is 8.93. The first kappa shape index (κ1) is 21.6. The molecule has 0 spiro atoms. The van der Waals surface area contributed by atoms with Crippen molar-refractivity contribution in [3.63, 3.8) is 0 Å². The van der Waals surface area contributed by atoms with Gasteiger partial charge in [-0.15, -0.1) is 22.6 Å². The van der Waals surface area contributed by atoms with Crippen LogP contribution in [0.25, 0.3) is 5.69 Å². The van der Waals surface area contributed by atoms with E-state index < -0.39 is 0 Å². The number of aromatic nitrogens is 3. The lowest BCUT2D eigenvalue weighted by Gasteiger charge is -2.29. The van der Waals surface area contributed by atoms with Gasteiger partial charge in [0.15, 0.2) is 5.82 Å². The third kappa shape index (κ3) is 4.40. The summed E-state index contributed by atoms with van der Waals surface area (Å²) in [5.74, 6) is 3.16. The SMILES string of the molecule is Cl.N#Cc1ccc(O[C@H]2CC[C@H](c3nnc4n3-c3ccc(Cl)cc3CNC4)CC2)cc1. The summed E-state index contributed by atoms with van der Waals surface area (Å²) in [6.07, 6.45) is 4.15. The fourth-order valence-electron chi connectivity index (χ4n) is 4.43. The molecule has 0 unspecified atom stereocenters. The van der Waals surface area contributed by atoms with Gasteiger partial charge in [0.2, 0.25) is 0 Å². The van der Waals surface area contributed by atoms with Crippen molar-refractivity contribution in [1.82, 2.24) is 20.1 Å². The second-order valence-electron chi connectivity index (χ2n) is 7.91. The highest BCUT2D eigenvalue weighted by Crippen LogP contribution is 2.36. The predicted molar refractivity (Wildman–Crippen MR) is 121 cm³/mol. The van der Waals surface area contributed by atoms with Crippen LogP contribution in [-0.2, 0) is 13.1 Å². The number of rotatable bonds is 3. The quantitative estimate of drug-likeness (QED) is 0.606. The molecule has 2 aromatic carbocycles. The Labute approximate surface area is 192 Å². The third-order valence-corrected chi connectivity index (χ3v) is 6.20. The molecule has 2 heterocycles. The zero-order valence-corrected chi connectivity index (χ0v) is 18.5. The minimum Gasteiger partial charge on any atom is -0.490 e. The number of benzene rings is 2. The Morgan fingerprint density at radius 1 is 1.03 bits per heavy atom. The van der Waals surface area contributed by atoms with Gasteiger partial charge in [-0.25, -0.2) is 0 Å². The van der Waals surface area contributed by atoms with E-state index in [-0.39, 0.29) is 18.5 Å². The van der Waals surface area contributed by atoms with Crippen molar-refractivity contribution in [3.8, 4) is 17.5 Å². The summed E-state index contributed by atoms with van der Waals surface area (Å²) in [4.78, 5) is 0. The molecule has 1 aromatic heterocycles.